The minimum atomic E-state index is -0.0511. The molecule has 1 aliphatic heterocycles. The van der Waals surface area contributed by atoms with Crippen LogP contribution in [0.2, 0.25) is 0 Å². The molecule has 2 aromatic carbocycles. The molecule has 0 N–H and O–H groups in total. The van der Waals surface area contributed by atoms with Gasteiger partial charge in [0.1, 0.15) is 6.33 Å². The number of ether oxygens (including phenoxy) is 1. The minimum absolute atomic E-state index is 0.0324. The first-order valence-electron chi connectivity index (χ1n) is 8.04. The van der Waals surface area contributed by atoms with E-state index in [9.17, 15) is 4.79 Å². The van der Waals surface area contributed by atoms with Crippen molar-refractivity contribution in [1.29, 1.82) is 0 Å². The molecule has 0 saturated carbocycles. The van der Waals surface area contributed by atoms with E-state index in [0.29, 0.717) is 5.88 Å². The zero-order chi connectivity index (χ0) is 16.4. The largest absolute Gasteiger partial charge is 0.467 e. The van der Waals surface area contributed by atoms with Crippen molar-refractivity contribution in [3.05, 3.63) is 60.4 Å². The highest BCUT2D eigenvalue weighted by Gasteiger charge is 2.22. The SMILES string of the molecule is O=C(COc1ncnc2ccccc12)N1CCCc2ccccc21. The molecule has 0 bridgehead atoms. The van der Waals surface area contributed by atoms with Crippen molar-refractivity contribution < 1.29 is 9.53 Å². The predicted octanol–water partition coefficient (Wildman–Crippen LogP) is 2.99. The molecule has 0 saturated heterocycles. The first-order chi connectivity index (χ1) is 11.8. The molecule has 0 atom stereocenters. The summed E-state index contributed by atoms with van der Waals surface area (Å²) < 4.78 is 5.71. The van der Waals surface area contributed by atoms with Gasteiger partial charge in [-0.25, -0.2) is 9.97 Å². The maximum Gasteiger partial charge on any atom is 0.264 e. The average Bonchev–Trinajstić information content (AvgIpc) is 2.65. The highest BCUT2D eigenvalue weighted by molar-refractivity contribution is 5.95. The Morgan fingerprint density at radius 1 is 1.08 bits per heavy atom. The van der Waals surface area contributed by atoms with Crippen molar-refractivity contribution in [3.8, 4) is 5.88 Å². The second-order valence-electron chi connectivity index (χ2n) is 5.76. The first-order valence-corrected chi connectivity index (χ1v) is 8.04. The van der Waals surface area contributed by atoms with E-state index >= 15 is 0 Å². The number of hydrogen-bond acceptors (Lipinski definition) is 4. The lowest BCUT2D eigenvalue weighted by atomic mass is 10.0. The monoisotopic (exact) mass is 319 g/mol. The Bertz CT molecular complexity index is 889. The van der Waals surface area contributed by atoms with Crippen molar-refractivity contribution in [2.75, 3.05) is 18.1 Å². The van der Waals surface area contributed by atoms with Gasteiger partial charge < -0.3 is 9.64 Å². The van der Waals surface area contributed by atoms with Crippen LogP contribution in [0.4, 0.5) is 5.69 Å². The van der Waals surface area contributed by atoms with E-state index in [1.165, 1.54) is 11.9 Å². The highest BCUT2D eigenvalue weighted by atomic mass is 16.5. The fraction of sp³-hybridized carbons (Fsp3) is 0.211. The molecule has 5 nitrogen and oxygen atoms in total. The summed E-state index contributed by atoms with van der Waals surface area (Å²) in [6, 6.07) is 15.6. The van der Waals surface area contributed by atoms with Gasteiger partial charge in [0.2, 0.25) is 5.88 Å². The molecular formula is C19H17N3O2. The second-order valence-corrected chi connectivity index (χ2v) is 5.76. The number of amides is 1. The van der Waals surface area contributed by atoms with Gasteiger partial charge in [0.25, 0.3) is 5.91 Å². The lowest BCUT2D eigenvalue weighted by Crippen LogP contribution is -2.38. The molecule has 0 radical (unpaired) electrons. The Balaban J connectivity index is 1.53. The van der Waals surface area contributed by atoms with E-state index in [-0.39, 0.29) is 12.5 Å². The van der Waals surface area contributed by atoms with E-state index in [4.69, 9.17) is 4.74 Å². The molecule has 0 spiro atoms. The fourth-order valence-electron chi connectivity index (χ4n) is 3.10. The van der Waals surface area contributed by atoms with Crippen LogP contribution in [0.15, 0.2) is 54.9 Å². The Morgan fingerprint density at radius 3 is 2.88 bits per heavy atom. The summed E-state index contributed by atoms with van der Waals surface area (Å²) in [6.07, 6.45) is 3.44. The molecule has 0 aliphatic carbocycles. The maximum absolute atomic E-state index is 12.6. The van der Waals surface area contributed by atoms with Gasteiger partial charge in [-0.3, -0.25) is 4.79 Å². The summed E-state index contributed by atoms with van der Waals surface area (Å²) in [6.45, 7) is 0.694. The lowest BCUT2D eigenvalue weighted by Gasteiger charge is -2.29. The van der Waals surface area contributed by atoms with Crippen molar-refractivity contribution in [2.24, 2.45) is 0 Å². The number of carbonyl (C=O) groups excluding carboxylic acids is 1. The number of para-hydroxylation sites is 2. The van der Waals surface area contributed by atoms with Gasteiger partial charge in [-0.05, 0) is 36.6 Å². The van der Waals surface area contributed by atoms with Crippen LogP contribution in [0.1, 0.15) is 12.0 Å². The van der Waals surface area contributed by atoms with Crippen molar-refractivity contribution in [2.45, 2.75) is 12.8 Å². The topological polar surface area (TPSA) is 55.3 Å². The Hall–Kier alpha value is -2.95. The number of rotatable bonds is 3. The molecule has 0 fully saturated rings. The molecule has 2 heterocycles. The molecule has 4 rings (SSSR count). The first kappa shape index (κ1) is 14.6. The third-order valence-corrected chi connectivity index (χ3v) is 4.25. The van der Waals surface area contributed by atoms with Crippen molar-refractivity contribution >= 4 is 22.5 Å². The van der Waals surface area contributed by atoms with Crippen LogP contribution in [0.5, 0.6) is 5.88 Å². The molecule has 3 aromatic rings. The molecule has 1 aromatic heterocycles. The lowest BCUT2D eigenvalue weighted by molar-refractivity contribution is -0.120. The summed E-state index contributed by atoms with van der Waals surface area (Å²) >= 11 is 0. The van der Waals surface area contributed by atoms with Crippen LogP contribution >= 0.6 is 0 Å². The predicted molar refractivity (Wildman–Crippen MR) is 92.1 cm³/mol. The number of nitrogens with zero attached hydrogens (tertiary/aromatic N) is 3. The molecule has 0 unspecified atom stereocenters. The summed E-state index contributed by atoms with van der Waals surface area (Å²) in [5.41, 5.74) is 3.01. The standard InChI is InChI=1S/C19H17N3O2/c23-18(22-11-5-7-14-6-1-4-10-17(14)22)12-24-19-15-8-2-3-9-16(15)20-13-21-19/h1-4,6,8-10,13H,5,7,11-12H2. The van der Waals surface area contributed by atoms with Gasteiger partial charge in [0.15, 0.2) is 6.61 Å². The Kier molecular flexibility index (Phi) is 3.83. The number of aromatic nitrogens is 2. The van der Waals surface area contributed by atoms with Crippen LogP contribution in [0.3, 0.4) is 0 Å². The van der Waals surface area contributed by atoms with Crippen molar-refractivity contribution in [1.82, 2.24) is 9.97 Å². The van der Waals surface area contributed by atoms with E-state index < -0.39 is 0 Å². The van der Waals surface area contributed by atoms with Crippen LogP contribution in [0, 0.1) is 0 Å². The Morgan fingerprint density at radius 2 is 1.92 bits per heavy atom. The number of fused-ring (bicyclic) bond motifs is 2. The molecule has 1 amide bonds. The van der Waals surface area contributed by atoms with Gasteiger partial charge in [-0.2, -0.15) is 0 Å². The zero-order valence-corrected chi connectivity index (χ0v) is 13.2. The van der Waals surface area contributed by atoms with Crippen LogP contribution in [-0.4, -0.2) is 29.0 Å². The number of benzene rings is 2. The van der Waals surface area contributed by atoms with Crippen LogP contribution in [0.25, 0.3) is 10.9 Å². The molecule has 1 aliphatic rings. The summed E-state index contributed by atoms with van der Waals surface area (Å²) in [7, 11) is 0. The van der Waals surface area contributed by atoms with Gasteiger partial charge in [-0.1, -0.05) is 30.3 Å². The molecule has 24 heavy (non-hydrogen) atoms. The van der Waals surface area contributed by atoms with E-state index in [2.05, 4.69) is 16.0 Å². The summed E-state index contributed by atoms with van der Waals surface area (Å²) in [4.78, 5) is 22.8. The van der Waals surface area contributed by atoms with E-state index in [0.717, 1.165) is 36.0 Å². The van der Waals surface area contributed by atoms with Gasteiger partial charge in [-0.15, -0.1) is 0 Å². The van der Waals surface area contributed by atoms with Gasteiger partial charge in [0, 0.05) is 12.2 Å². The quantitative estimate of drug-likeness (QED) is 0.745. The minimum Gasteiger partial charge on any atom is -0.467 e. The molecule has 5 heteroatoms. The zero-order valence-electron chi connectivity index (χ0n) is 13.2. The number of anilines is 1. The second kappa shape index (κ2) is 6.28. The third-order valence-electron chi connectivity index (χ3n) is 4.25. The Labute approximate surface area is 139 Å². The van der Waals surface area contributed by atoms with Gasteiger partial charge in [0.05, 0.1) is 10.9 Å². The molecular weight excluding hydrogens is 302 g/mol. The number of aryl methyl sites for hydroxylation is 1. The summed E-state index contributed by atoms with van der Waals surface area (Å²) in [5.74, 6) is 0.393. The third kappa shape index (κ3) is 2.69. The van der Waals surface area contributed by atoms with Crippen LogP contribution < -0.4 is 9.64 Å². The average molecular weight is 319 g/mol. The van der Waals surface area contributed by atoms with Gasteiger partial charge >= 0.3 is 0 Å². The number of hydrogen-bond donors (Lipinski definition) is 0. The van der Waals surface area contributed by atoms with E-state index in [1.807, 2.05) is 47.4 Å². The van der Waals surface area contributed by atoms with E-state index in [1.54, 1.807) is 0 Å². The number of carbonyl (C=O) groups is 1. The summed E-state index contributed by atoms with van der Waals surface area (Å²) in [5, 5.41) is 0.812. The fourth-order valence-corrected chi connectivity index (χ4v) is 3.10. The maximum atomic E-state index is 12.6. The van der Waals surface area contributed by atoms with Crippen LogP contribution in [-0.2, 0) is 11.2 Å². The smallest absolute Gasteiger partial charge is 0.264 e. The van der Waals surface area contributed by atoms with Crippen molar-refractivity contribution in [3.63, 3.8) is 0 Å². The highest BCUT2D eigenvalue weighted by Crippen LogP contribution is 2.27. The molecule has 120 valence electrons. The normalized spacial score (nSPS) is 13.6.